The first-order valence-electron chi connectivity index (χ1n) is 13.7. The van der Waals surface area contributed by atoms with Crippen LogP contribution in [0.1, 0.15) is 40.2 Å². The van der Waals surface area contributed by atoms with Gasteiger partial charge in [-0.2, -0.15) is 0 Å². The number of rotatable bonds is 7. The number of hydrogen-bond acceptors (Lipinski definition) is 5. The van der Waals surface area contributed by atoms with Crippen LogP contribution in [0.5, 0.6) is 0 Å². The maximum absolute atomic E-state index is 13.7. The Labute approximate surface area is 243 Å². The number of amides is 1. The van der Waals surface area contributed by atoms with E-state index in [0.717, 1.165) is 53.8 Å². The summed E-state index contributed by atoms with van der Waals surface area (Å²) in [5, 5.41) is 3.53. The van der Waals surface area contributed by atoms with E-state index in [4.69, 9.17) is 4.42 Å². The Morgan fingerprint density at radius 2 is 1.98 bits per heavy atom. The Morgan fingerprint density at radius 3 is 2.71 bits per heavy atom. The van der Waals surface area contributed by atoms with Gasteiger partial charge in [-0.15, -0.1) is 0 Å². The van der Waals surface area contributed by atoms with Gasteiger partial charge in [-0.05, 0) is 66.9 Å². The number of nitrogens with zero attached hydrogens (tertiary/aromatic N) is 3. The molecule has 1 amide bonds. The third-order valence-corrected chi connectivity index (χ3v) is 8.84. The lowest BCUT2D eigenvalue weighted by molar-refractivity contribution is 0.0964. The SMILES string of the molecule is C=C(c1cc2ccccn2c1)N1CCCC(c2cc3c(C(=O)NC)c(-c4ccc(F)cc4)oc3cc2N(C)SC)C1. The molecule has 6 nitrogen and oxygen atoms in total. The summed E-state index contributed by atoms with van der Waals surface area (Å²) < 4.78 is 24.3. The summed E-state index contributed by atoms with van der Waals surface area (Å²) in [7, 11) is 3.66. The Bertz CT molecular complexity index is 1720. The van der Waals surface area contributed by atoms with Crippen LogP contribution in [0.4, 0.5) is 10.1 Å². The van der Waals surface area contributed by atoms with Crippen molar-refractivity contribution in [2.24, 2.45) is 0 Å². The maximum atomic E-state index is 13.7. The third-order valence-electron chi connectivity index (χ3n) is 8.09. The second kappa shape index (κ2) is 11.0. The van der Waals surface area contributed by atoms with Gasteiger partial charge in [0, 0.05) is 85.5 Å². The van der Waals surface area contributed by atoms with Crippen molar-refractivity contribution in [3.05, 3.63) is 102 Å². The molecule has 1 N–H and O–H groups in total. The summed E-state index contributed by atoms with van der Waals surface area (Å²) in [6, 6.07) is 18.6. The van der Waals surface area contributed by atoms with Crippen LogP contribution in [-0.4, -0.2) is 48.6 Å². The topological polar surface area (TPSA) is 53.1 Å². The highest BCUT2D eigenvalue weighted by molar-refractivity contribution is 7.99. The number of likely N-dealkylation sites (tertiary alicyclic amines) is 1. The molecule has 8 heteroatoms. The first-order chi connectivity index (χ1) is 19.9. The second-order valence-corrected chi connectivity index (χ2v) is 11.4. The fraction of sp³-hybridized carbons (Fsp3) is 0.242. The lowest BCUT2D eigenvalue weighted by atomic mass is 9.87. The van der Waals surface area contributed by atoms with Gasteiger partial charge in [-0.1, -0.05) is 24.6 Å². The van der Waals surface area contributed by atoms with Gasteiger partial charge in [0.15, 0.2) is 0 Å². The van der Waals surface area contributed by atoms with Crippen molar-refractivity contribution in [1.82, 2.24) is 14.6 Å². The van der Waals surface area contributed by atoms with Crippen molar-refractivity contribution in [2.45, 2.75) is 18.8 Å². The van der Waals surface area contributed by atoms with Gasteiger partial charge < -0.3 is 23.3 Å². The van der Waals surface area contributed by atoms with Gasteiger partial charge in [0.25, 0.3) is 5.91 Å². The zero-order valence-electron chi connectivity index (χ0n) is 23.5. The molecule has 1 aliphatic heterocycles. The average molecular weight is 569 g/mol. The van der Waals surface area contributed by atoms with Crippen molar-refractivity contribution >= 4 is 45.7 Å². The van der Waals surface area contributed by atoms with Gasteiger partial charge in [0.1, 0.15) is 17.2 Å². The minimum atomic E-state index is -0.339. The van der Waals surface area contributed by atoms with E-state index in [1.807, 2.05) is 31.5 Å². The van der Waals surface area contributed by atoms with Crippen LogP contribution in [0, 0.1) is 5.82 Å². The molecule has 41 heavy (non-hydrogen) atoms. The molecular weight excluding hydrogens is 535 g/mol. The van der Waals surface area contributed by atoms with Crippen LogP contribution in [0.15, 0.2) is 84.1 Å². The van der Waals surface area contributed by atoms with Crippen molar-refractivity contribution < 1.29 is 13.6 Å². The highest BCUT2D eigenvalue weighted by atomic mass is 32.2. The molecule has 4 heterocycles. The minimum absolute atomic E-state index is 0.230. The first kappa shape index (κ1) is 27.0. The van der Waals surface area contributed by atoms with E-state index in [2.05, 4.69) is 56.1 Å². The molecule has 0 bridgehead atoms. The Balaban J connectivity index is 1.42. The van der Waals surface area contributed by atoms with Crippen LogP contribution in [0.25, 0.3) is 33.5 Å². The number of hydrogen-bond donors (Lipinski definition) is 1. The summed E-state index contributed by atoms with van der Waals surface area (Å²) in [6.07, 6.45) is 8.30. The summed E-state index contributed by atoms with van der Waals surface area (Å²) in [5.41, 5.74) is 7.26. The van der Waals surface area contributed by atoms with Crippen molar-refractivity contribution in [3.63, 3.8) is 0 Å². The zero-order valence-corrected chi connectivity index (χ0v) is 24.3. The largest absolute Gasteiger partial charge is 0.455 e. The minimum Gasteiger partial charge on any atom is -0.455 e. The second-order valence-electron chi connectivity index (χ2n) is 10.5. The quantitative estimate of drug-likeness (QED) is 0.207. The Hall–Kier alpha value is -4.17. The normalized spacial score (nSPS) is 15.4. The number of fused-ring (bicyclic) bond motifs is 2. The number of anilines is 1. The molecule has 1 saturated heterocycles. The smallest absolute Gasteiger partial charge is 0.255 e. The van der Waals surface area contributed by atoms with Crippen molar-refractivity contribution in [1.29, 1.82) is 0 Å². The molecule has 6 rings (SSSR count). The standard InChI is InChI=1S/C33H33FN4O2S/c1-21(24-16-26-9-5-6-14-38(26)20-24)37-15-7-8-23(19-37)27-17-28-30(18-29(27)36(3)41-4)40-32(31(28)33(39)35-2)22-10-12-25(34)13-11-22/h5-6,9-14,16-18,20,23H,1,7-8,15,19H2,2-4H3,(H,35,39). The molecular formula is C33H33FN4O2S. The lowest BCUT2D eigenvalue weighted by Gasteiger charge is -2.37. The molecule has 2 aromatic carbocycles. The van der Waals surface area contributed by atoms with E-state index in [-0.39, 0.29) is 17.6 Å². The first-order valence-corrected chi connectivity index (χ1v) is 14.9. The Morgan fingerprint density at radius 1 is 1.17 bits per heavy atom. The van der Waals surface area contributed by atoms with E-state index in [9.17, 15) is 9.18 Å². The summed E-state index contributed by atoms with van der Waals surface area (Å²) in [6.45, 7) is 6.26. The fourth-order valence-electron chi connectivity index (χ4n) is 5.87. The van der Waals surface area contributed by atoms with Gasteiger partial charge in [0.05, 0.1) is 11.3 Å². The monoisotopic (exact) mass is 568 g/mol. The van der Waals surface area contributed by atoms with E-state index in [1.54, 1.807) is 31.1 Å². The molecule has 0 spiro atoms. The molecule has 210 valence electrons. The number of pyridine rings is 1. The molecule has 0 saturated carbocycles. The number of nitrogens with one attached hydrogen (secondary N) is 1. The summed E-state index contributed by atoms with van der Waals surface area (Å²) >= 11 is 1.63. The van der Waals surface area contributed by atoms with Crippen LogP contribution in [0.3, 0.4) is 0 Å². The predicted molar refractivity (Wildman–Crippen MR) is 167 cm³/mol. The highest BCUT2D eigenvalue weighted by Gasteiger charge is 2.29. The average Bonchev–Trinajstić information content (AvgIpc) is 3.61. The number of piperidine rings is 1. The summed E-state index contributed by atoms with van der Waals surface area (Å²) in [4.78, 5) is 15.6. The molecule has 0 radical (unpaired) electrons. The zero-order chi connectivity index (χ0) is 28.7. The van der Waals surface area contributed by atoms with Crippen LogP contribution in [0.2, 0.25) is 0 Å². The van der Waals surface area contributed by atoms with Gasteiger partial charge in [0.2, 0.25) is 0 Å². The molecule has 1 unspecified atom stereocenters. The van der Waals surface area contributed by atoms with Crippen molar-refractivity contribution in [3.8, 4) is 11.3 Å². The van der Waals surface area contributed by atoms with Crippen LogP contribution >= 0.6 is 11.9 Å². The van der Waals surface area contributed by atoms with E-state index in [0.29, 0.717) is 22.5 Å². The fourth-order valence-corrected chi connectivity index (χ4v) is 6.23. The molecule has 5 aromatic rings. The molecule has 1 aliphatic rings. The van der Waals surface area contributed by atoms with Gasteiger partial charge >= 0.3 is 0 Å². The maximum Gasteiger partial charge on any atom is 0.255 e. The number of carbonyl (C=O) groups excluding carboxylic acids is 1. The van der Waals surface area contributed by atoms with Gasteiger partial charge in [-0.3, -0.25) is 4.79 Å². The summed E-state index contributed by atoms with van der Waals surface area (Å²) in [5.74, 6) is 0.0933. The third kappa shape index (κ3) is 4.97. The van der Waals surface area contributed by atoms with Crippen LogP contribution < -0.4 is 9.62 Å². The van der Waals surface area contributed by atoms with E-state index < -0.39 is 0 Å². The molecule has 3 aromatic heterocycles. The number of carbonyl (C=O) groups is 1. The number of benzene rings is 2. The number of aromatic nitrogens is 1. The van der Waals surface area contributed by atoms with E-state index >= 15 is 0 Å². The van der Waals surface area contributed by atoms with Crippen LogP contribution in [-0.2, 0) is 0 Å². The number of halogens is 1. The van der Waals surface area contributed by atoms with Gasteiger partial charge in [-0.25, -0.2) is 4.39 Å². The van der Waals surface area contributed by atoms with Crippen molar-refractivity contribution in [2.75, 3.05) is 37.7 Å². The molecule has 1 atom stereocenters. The molecule has 0 aliphatic carbocycles. The highest BCUT2D eigenvalue weighted by Crippen LogP contribution is 2.43. The number of furan rings is 1. The molecule has 1 fully saturated rings. The predicted octanol–water partition coefficient (Wildman–Crippen LogP) is 7.42. The van der Waals surface area contributed by atoms with E-state index in [1.165, 1.54) is 17.7 Å². The lowest BCUT2D eigenvalue weighted by Crippen LogP contribution is -2.33. The Kier molecular flexibility index (Phi) is 7.26.